The smallest absolute Gasteiger partial charge is 0.131 e. The Hall–Kier alpha value is -2.74. The lowest BCUT2D eigenvalue weighted by Gasteiger charge is -2.17. The first kappa shape index (κ1) is 18.6. The largest absolute Gasteiger partial charge is 0.497 e. The summed E-state index contributed by atoms with van der Waals surface area (Å²) in [6.07, 6.45) is 0. The lowest BCUT2D eigenvalue weighted by Crippen LogP contribution is -2.04. The van der Waals surface area contributed by atoms with E-state index in [9.17, 15) is 0 Å². The van der Waals surface area contributed by atoms with Crippen LogP contribution < -0.4 is 9.47 Å². The summed E-state index contributed by atoms with van der Waals surface area (Å²) in [5.74, 6) is 2.72. The zero-order valence-corrected chi connectivity index (χ0v) is 17.4. The molecule has 0 aromatic heterocycles. The van der Waals surface area contributed by atoms with Gasteiger partial charge in [0.15, 0.2) is 0 Å². The van der Waals surface area contributed by atoms with Crippen LogP contribution in [0.4, 0.5) is 0 Å². The van der Waals surface area contributed by atoms with Crippen LogP contribution in [0.5, 0.6) is 11.5 Å². The summed E-state index contributed by atoms with van der Waals surface area (Å²) in [7, 11) is 1.71. The zero-order chi connectivity index (χ0) is 19.8. The summed E-state index contributed by atoms with van der Waals surface area (Å²) in [5.41, 5.74) is 8.88. The van der Waals surface area contributed by atoms with Gasteiger partial charge in [-0.3, -0.25) is 0 Å². The van der Waals surface area contributed by atoms with Crippen LogP contribution in [0.2, 0.25) is 0 Å². The second kappa shape index (κ2) is 7.35. The van der Waals surface area contributed by atoms with Crippen molar-refractivity contribution >= 4 is 0 Å². The van der Waals surface area contributed by atoms with Gasteiger partial charge in [-0.25, -0.2) is 0 Å². The number of benzene rings is 3. The molecule has 0 bridgehead atoms. The van der Waals surface area contributed by atoms with Gasteiger partial charge >= 0.3 is 0 Å². The molecule has 4 rings (SSSR count). The molecular weight excluding hydrogens is 344 g/mol. The normalized spacial score (nSPS) is 15.4. The molecule has 144 valence electrons. The van der Waals surface area contributed by atoms with Gasteiger partial charge in [0.25, 0.3) is 0 Å². The molecule has 0 amide bonds. The number of hydrogen-bond acceptors (Lipinski definition) is 2. The molecule has 0 radical (unpaired) electrons. The van der Waals surface area contributed by atoms with Crippen molar-refractivity contribution in [1.82, 2.24) is 0 Å². The van der Waals surface area contributed by atoms with Crippen LogP contribution in [0.25, 0.3) is 11.1 Å². The molecule has 0 saturated heterocycles. The van der Waals surface area contributed by atoms with Crippen molar-refractivity contribution in [2.45, 2.75) is 39.5 Å². The molecule has 0 saturated carbocycles. The Morgan fingerprint density at radius 1 is 0.964 bits per heavy atom. The second-order valence-corrected chi connectivity index (χ2v) is 8.05. The van der Waals surface area contributed by atoms with Crippen molar-refractivity contribution in [2.75, 3.05) is 13.7 Å². The first-order chi connectivity index (χ1) is 13.5. The molecule has 0 spiro atoms. The van der Waals surface area contributed by atoms with E-state index in [-0.39, 0.29) is 5.92 Å². The van der Waals surface area contributed by atoms with E-state index in [4.69, 9.17) is 9.47 Å². The maximum atomic E-state index is 6.32. The van der Waals surface area contributed by atoms with Gasteiger partial charge in [-0.05, 0) is 59.7 Å². The van der Waals surface area contributed by atoms with Gasteiger partial charge in [-0.1, -0.05) is 56.3 Å². The first-order valence-corrected chi connectivity index (χ1v) is 10.0. The summed E-state index contributed by atoms with van der Waals surface area (Å²) >= 11 is 0. The van der Waals surface area contributed by atoms with Crippen molar-refractivity contribution in [3.05, 3.63) is 82.4 Å². The van der Waals surface area contributed by atoms with Gasteiger partial charge in [0.1, 0.15) is 11.5 Å². The molecule has 1 heterocycles. The Morgan fingerprint density at radius 3 is 2.39 bits per heavy atom. The third-order valence-corrected chi connectivity index (χ3v) is 5.83. The minimum absolute atomic E-state index is 0.279. The molecule has 1 aliphatic rings. The average Bonchev–Trinajstić information content (AvgIpc) is 3.13. The third-order valence-electron chi connectivity index (χ3n) is 5.83. The van der Waals surface area contributed by atoms with Crippen LogP contribution in [0, 0.1) is 13.8 Å². The fourth-order valence-corrected chi connectivity index (χ4v) is 4.31. The van der Waals surface area contributed by atoms with E-state index in [0.717, 1.165) is 17.1 Å². The Labute approximate surface area is 168 Å². The first-order valence-electron chi connectivity index (χ1n) is 10.0. The number of rotatable bonds is 4. The van der Waals surface area contributed by atoms with Gasteiger partial charge in [-0.15, -0.1) is 0 Å². The van der Waals surface area contributed by atoms with Crippen LogP contribution in [0.1, 0.15) is 53.5 Å². The zero-order valence-electron chi connectivity index (χ0n) is 17.4. The van der Waals surface area contributed by atoms with Gasteiger partial charge in [-0.2, -0.15) is 0 Å². The van der Waals surface area contributed by atoms with Crippen molar-refractivity contribution in [3.8, 4) is 22.6 Å². The van der Waals surface area contributed by atoms with Crippen molar-refractivity contribution in [3.63, 3.8) is 0 Å². The fourth-order valence-electron chi connectivity index (χ4n) is 4.31. The van der Waals surface area contributed by atoms with E-state index in [1.807, 2.05) is 12.1 Å². The number of fused-ring (bicyclic) bond motifs is 1. The lowest BCUT2D eigenvalue weighted by molar-refractivity contribution is 0.344. The summed E-state index contributed by atoms with van der Waals surface area (Å²) < 4.78 is 11.8. The molecule has 1 unspecified atom stereocenters. The van der Waals surface area contributed by atoms with Gasteiger partial charge in [0.2, 0.25) is 0 Å². The number of ether oxygens (including phenoxy) is 2. The Balaban J connectivity index is 1.82. The van der Waals surface area contributed by atoms with Crippen LogP contribution in [-0.2, 0) is 0 Å². The van der Waals surface area contributed by atoms with Gasteiger partial charge < -0.3 is 9.47 Å². The fraction of sp³-hybridized carbons (Fsp3) is 0.308. The maximum Gasteiger partial charge on any atom is 0.131 e. The minimum Gasteiger partial charge on any atom is -0.497 e. The average molecular weight is 373 g/mol. The summed E-state index contributed by atoms with van der Waals surface area (Å²) in [5, 5.41) is 0. The molecule has 0 fully saturated rings. The highest BCUT2D eigenvalue weighted by molar-refractivity contribution is 5.79. The van der Waals surface area contributed by atoms with E-state index < -0.39 is 0 Å². The highest BCUT2D eigenvalue weighted by Gasteiger charge is 2.31. The molecule has 2 heteroatoms. The third kappa shape index (κ3) is 3.17. The molecule has 3 aromatic rings. The maximum absolute atomic E-state index is 6.32. The lowest BCUT2D eigenvalue weighted by atomic mass is 9.85. The summed E-state index contributed by atoms with van der Waals surface area (Å²) in [6, 6.07) is 19.6. The van der Waals surface area contributed by atoms with E-state index >= 15 is 0 Å². The molecule has 1 aliphatic heterocycles. The standard InChI is InChI=1S/C26H28O2/c1-16(2)19-9-11-20(12-10-19)23-15-28-26-24(17(3)13-18(4)25(23)26)21-7-6-8-22(14-21)27-5/h6-14,16,23H,15H2,1-5H3. The Morgan fingerprint density at radius 2 is 1.71 bits per heavy atom. The molecule has 0 N–H and O–H groups in total. The molecular formula is C26H28O2. The SMILES string of the molecule is COc1cccc(-c2c(C)cc(C)c3c2OCC3c2ccc(C(C)C)cc2)c1. The number of aryl methyl sites for hydroxylation is 2. The van der Waals surface area contributed by atoms with Gasteiger partial charge in [0, 0.05) is 17.0 Å². The topological polar surface area (TPSA) is 18.5 Å². The highest BCUT2D eigenvalue weighted by atomic mass is 16.5. The van der Waals surface area contributed by atoms with Crippen LogP contribution in [-0.4, -0.2) is 13.7 Å². The quantitative estimate of drug-likeness (QED) is 0.512. The molecule has 1 atom stereocenters. The van der Waals surface area contributed by atoms with Crippen LogP contribution >= 0.6 is 0 Å². The van der Waals surface area contributed by atoms with E-state index in [1.54, 1.807) is 7.11 Å². The number of hydrogen-bond donors (Lipinski definition) is 0. The molecule has 3 aromatic carbocycles. The van der Waals surface area contributed by atoms with Gasteiger partial charge in [0.05, 0.1) is 13.7 Å². The molecule has 28 heavy (non-hydrogen) atoms. The van der Waals surface area contributed by atoms with E-state index in [1.165, 1.54) is 33.4 Å². The Kier molecular flexibility index (Phi) is 4.89. The summed E-state index contributed by atoms with van der Waals surface area (Å²) in [4.78, 5) is 0. The second-order valence-electron chi connectivity index (χ2n) is 8.05. The van der Waals surface area contributed by atoms with Crippen molar-refractivity contribution in [2.24, 2.45) is 0 Å². The predicted molar refractivity (Wildman–Crippen MR) is 116 cm³/mol. The van der Waals surface area contributed by atoms with Crippen LogP contribution in [0.15, 0.2) is 54.6 Å². The van der Waals surface area contributed by atoms with Crippen molar-refractivity contribution < 1.29 is 9.47 Å². The number of methoxy groups -OCH3 is 1. The summed E-state index contributed by atoms with van der Waals surface area (Å²) in [6.45, 7) is 9.52. The minimum atomic E-state index is 0.279. The monoisotopic (exact) mass is 372 g/mol. The molecule has 2 nitrogen and oxygen atoms in total. The predicted octanol–water partition coefficient (Wildman–Crippen LogP) is 6.63. The van der Waals surface area contributed by atoms with E-state index in [0.29, 0.717) is 12.5 Å². The highest BCUT2D eigenvalue weighted by Crippen LogP contribution is 2.48. The Bertz CT molecular complexity index is 1000. The molecule has 0 aliphatic carbocycles. The van der Waals surface area contributed by atoms with Crippen LogP contribution in [0.3, 0.4) is 0 Å². The van der Waals surface area contributed by atoms with E-state index in [2.05, 4.69) is 70.2 Å². The van der Waals surface area contributed by atoms with Crippen molar-refractivity contribution in [1.29, 1.82) is 0 Å².